The molecule has 1 aliphatic heterocycles. The molecule has 19 heavy (non-hydrogen) atoms. The van der Waals surface area contributed by atoms with Crippen molar-refractivity contribution in [3.05, 3.63) is 35.6 Å². The molecule has 1 fully saturated rings. The molecule has 0 unspecified atom stereocenters. The number of carboxylic acid groups (broad SMARTS) is 1. The van der Waals surface area contributed by atoms with Crippen molar-refractivity contribution in [2.24, 2.45) is 5.73 Å². The quantitative estimate of drug-likeness (QED) is 0.852. The molecule has 2 atom stereocenters. The maximum Gasteiger partial charge on any atom is 0.320 e. The summed E-state index contributed by atoms with van der Waals surface area (Å²) in [5.41, 5.74) is 6.58. The normalized spacial score (nSPS) is 19.3. The minimum Gasteiger partial charge on any atom is -0.480 e. The summed E-state index contributed by atoms with van der Waals surface area (Å²) in [6, 6.07) is 5.31. The maximum atomic E-state index is 13.0. The van der Waals surface area contributed by atoms with Crippen molar-refractivity contribution in [3.8, 4) is 0 Å². The van der Waals surface area contributed by atoms with Gasteiger partial charge in [0, 0.05) is 6.04 Å². The van der Waals surface area contributed by atoms with Crippen LogP contribution < -0.4 is 5.73 Å². The van der Waals surface area contributed by atoms with Gasteiger partial charge >= 0.3 is 5.97 Å². The van der Waals surface area contributed by atoms with Crippen molar-refractivity contribution < 1.29 is 14.3 Å². The van der Waals surface area contributed by atoms with Crippen LogP contribution in [0.2, 0.25) is 0 Å². The van der Waals surface area contributed by atoms with Crippen LogP contribution in [0, 0.1) is 5.82 Å². The summed E-state index contributed by atoms with van der Waals surface area (Å²) in [4.78, 5) is 13.2. The molecule has 3 N–H and O–H groups in total. The molecule has 0 aliphatic carbocycles. The molecule has 4 nitrogen and oxygen atoms in total. The van der Waals surface area contributed by atoms with Gasteiger partial charge in [0.25, 0.3) is 0 Å². The highest BCUT2D eigenvalue weighted by Crippen LogP contribution is 2.29. The van der Waals surface area contributed by atoms with Crippen LogP contribution in [0.3, 0.4) is 0 Å². The second-order valence-corrected chi connectivity index (χ2v) is 4.99. The number of likely N-dealkylation sites (tertiary alicyclic amines) is 1. The van der Waals surface area contributed by atoms with Gasteiger partial charge in [0.05, 0.1) is 0 Å². The number of carbonyl (C=O) groups is 1. The van der Waals surface area contributed by atoms with E-state index >= 15 is 0 Å². The molecule has 104 valence electrons. The molecule has 1 heterocycles. The molecule has 5 heteroatoms. The Morgan fingerprint density at radius 3 is 2.42 bits per heavy atom. The van der Waals surface area contributed by atoms with Crippen molar-refractivity contribution in [1.29, 1.82) is 0 Å². The van der Waals surface area contributed by atoms with Crippen LogP contribution in [0.25, 0.3) is 0 Å². The van der Waals surface area contributed by atoms with Gasteiger partial charge in [-0.3, -0.25) is 9.69 Å². The number of carboxylic acids is 1. The van der Waals surface area contributed by atoms with E-state index in [0.717, 1.165) is 31.5 Å². The highest BCUT2D eigenvalue weighted by Gasteiger charge is 2.27. The fourth-order valence-corrected chi connectivity index (χ4v) is 2.58. The van der Waals surface area contributed by atoms with Gasteiger partial charge in [-0.2, -0.15) is 0 Å². The Bertz CT molecular complexity index is 430. The smallest absolute Gasteiger partial charge is 0.320 e. The second-order valence-electron chi connectivity index (χ2n) is 4.99. The van der Waals surface area contributed by atoms with E-state index in [1.165, 1.54) is 12.1 Å². The highest BCUT2D eigenvalue weighted by atomic mass is 19.1. The first-order valence-corrected chi connectivity index (χ1v) is 6.56. The summed E-state index contributed by atoms with van der Waals surface area (Å²) in [6.07, 6.45) is 2.57. The third-order valence-electron chi connectivity index (χ3n) is 3.63. The van der Waals surface area contributed by atoms with E-state index in [1.54, 1.807) is 12.1 Å². The summed E-state index contributed by atoms with van der Waals surface area (Å²) in [7, 11) is 0. The van der Waals surface area contributed by atoms with E-state index in [2.05, 4.69) is 4.90 Å². The number of nitrogens with zero attached hydrogens (tertiary/aromatic N) is 1. The lowest BCUT2D eigenvalue weighted by molar-refractivity contribution is -0.139. The number of aliphatic carboxylic acids is 1. The van der Waals surface area contributed by atoms with Gasteiger partial charge in [0.1, 0.15) is 11.9 Å². The van der Waals surface area contributed by atoms with Crippen molar-refractivity contribution in [2.75, 3.05) is 13.1 Å². The van der Waals surface area contributed by atoms with Crippen molar-refractivity contribution >= 4 is 5.97 Å². The number of benzene rings is 1. The summed E-state index contributed by atoms with van der Waals surface area (Å²) in [5.74, 6) is -1.28. The fourth-order valence-electron chi connectivity index (χ4n) is 2.58. The number of hydrogen-bond donors (Lipinski definition) is 2. The van der Waals surface area contributed by atoms with Gasteiger partial charge in [0.15, 0.2) is 0 Å². The second kappa shape index (κ2) is 6.12. The van der Waals surface area contributed by atoms with E-state index in [-0.39, 0.29) is 11.9 Å². The lowest BCUT2D eigenvalue weighted by Crippen LogP contribution is -2.36. The third kappa shape index (κ3) is 3.52. The van der Waals surface area contributed by atoms with Crippen molar-refractivity contribution in [3.63, 3.8) is 0 Å². The van der Waals surface area contributed by atoms with E-state index in [1.807, 2.05) is 0 Å². The van der Waals surface area contributed by atoms with Gasteiger partial charge in [-0.15, -0.1) is 0 Å². The SMILES string of the molecule is N[C@H](C[C@H](c1ccc(F)cc1)N1CCCC1)C(=O)O. The Morgan fingerprint density at radius 1 is 1.32 bits per heavy atom. The predicted octanol–water partition coefficient (Wildman–Crippen LogP) is 1.76. The zero-order valence-corrected chi connectivity index (χ0v) is 10.8. The first kappa shape index (κ1) is 14.0. The van der Waals surface area contributed by atoms with Gasteiger partial charge in [0.2, 0.25) is 0 Å². The van der Waals surface area contributed by atoms with Gasteiger partial charge in [-0.05, 0) is 50.0 Å². The van der Waals surface area contributed by atoms with Crippen LogP contribution in [0.5, 0.6) is 0 Å². The summed E-state index contributed by atoms with van der Waals surface area (Å²) >= 11 is 0. The monoisotopic (exact) mass is 266 g/mol. The molecule has 1 saturated heterocycles. The first-order valence-electron chi connectivity index (χ1n) is 6.56. The molecular weight excluding hydrogens is 247 g/mol. The van der Waals surface area contributed by atoms with E-state index < -0.39 is 12.0 Å². The number of halogens is 1. The summed E-state index contributed by atoms with van der Waals surface area (Å²) < 4.78 is 13.0. The van der Waals surface area contributed by atoms with Crippen molar-refractivity contribution in [2.45, 2.75) is 31.3 Å². The Labute approximate surface area is 112 Å². The molecule has 0 radical (unpaired) electrons. The Morgan fingerprint density at radius 2 is 1.89 bits per heavy atom. The molecule has 2 rings (SSSR count). The summed E-state index contributed by atoms with van der Waals surface area (Å²) in [6.45, 7) is 1.88. The van der Waals surface area contributed by atoms with Crippen LogP contribution in [-0.2, 0) is 4.79 Å². The largest absolute Gasteiger partial charge is 0.480 e. The number of rotatable bonds is 5. The van der Waals surface area contributed by atoms with Crippen LogP contribution in [0.15, 0.2) is 24.3 Å². The average molecular weight is 266 g/mol. The molecule has 0 spiro atoms. The molecule has 0 aromatic heterocycles. The van der Waals surface area contributed by atoms with E-state index in [0.29, 0.717) is 6.42 Å². The third-order valence-corrected chi connectivity index (χ3v) is 3.63. The summed E-state index contributed by atoms with van der Waals surface area (Å²) in [5, 5.41) is 8.96. The molecule has 1 aromatic rings. The van der Waals surface area contributed by atoms with E-state index in [4.69, 9.17) is 10.8 Å². The minimum atomic E-state index is -0.994. The van der Waals surface area contributed by atoms with Gasteiger partial charge in [-0.1, -0.05) is 12.1 Å². The van der Waals surface area contributed by atoms with Crippen LogP contribution in [0.4, 0.5) is 4.39 Å². The number of nitrogens with two attached hydrogens (primary N) is 1. The predicted molar refractivity (Wildman–Crippen MR) is 70.2 cm³/mol. The Hall–Kier alpha value is -1.46. The molecular formula is C14H19FN2O2. The molecule has 1 aliphatic rings. The van der Waals surface area contributed by atoms with Crippen LogP contribution in [0.1, 0.15) is 30.9 Å². The lowest BCUT2D eigenvalue weighted by atomic mass is 9.98. The van der Waals surface area contributed by atoms with Gasteiger partial charge < -0.3 is 10.8 Å². The first-order chi connectivity index (χ1) is 9.08. The Balaban J connectivity index is 2.17. The lowest BCUT2D eigenvalue weighted by Gasteiger charge is -2.29. The van der Waals surface area contributed by atoms with Crippen molar-refractivity contribution in [1.82, 2.24) is 4.90 Å². The van der Waals surface area contributed by atoms with E-state index in [9.17, 15) is 9.18 Å². The zero-order chi connectivity index (χ0) is 13.8. The molecule has 0 amide bonds. The fraction of sp³-hybridized carbons (Fsp3) is 0.500. The maximum absolute atomic E-state index is 13.0. The average Bonchev–Trinajstić information content (AvgIpc) is 2.90. The molecule has 1 aromatic carbocycles. The van der Waals surface area contributed by atoms with Gasteiger partial charge in [-0.25, -0.2) is 4.39 Å². The molecule has 0 bridgehead atoms. The van der Waals surface area contributed by atoms with Crippen LogP contribution >= 0.6 is 0 Å². The molecule has 0 saturated carbocycles. The van der Waals surface area contributed by atoms with Crippen LogP contribution in [-0.4, -0.2) is 35.1 Å². The number of hydrogen-bond acceptors (Lipinski definition) is 3. The zero-order valence-electron chi connectivity index (χ0n) is 10.8. The topological polar surface area (TPSA) is 66.6 Å². The Kier molecular flexibility index (Phi) is 4.50. The highest BCUT2D eigenvalue weighted by molar-refractivity contribution is 5.73. The minimum absolute atomic E-state index is 0.0470. The standard InChI is InChI=1S/C14H19FN2O2/c15-11-5-3-10(4-6-11)13(9-12(16)14(18)19)17-7-1-2-8-17/h3-6,12-13H,1-2,7-9,16H2,(H,18,19)/t12-,13-/m1/s1.